The molecule has 0 spiro atoms. The van der Waals surface area contributed by atoms with Gasteiger partial charge in [-0.15, -0.1) is 0 Å². The van der Waals surface area contributed by atoms with Crippen LogP contribution in [0.5, 0.6) is 0 Å². The maximum Gasteiger partial charge on any atom is 0.274 e. The Morgan fingerprint density at radius 1 is 1.09 bits per heavy atom. The Morgan fingerprint density at radius 2 is 1.77 bits per heavy atom. The van der Waals surface area contributed by atoms with Gasteiger partial charge in [-0.2, -0.15) is 0 Å². The standard InChI is InChI=1S/C18H23N3O/c1-4-13(3)20-16-10-11-17(19-12-16)18(22)21-15-8-6-14(5-2)7-9-15/h6-13,20H,4-5H2,1-3H3,(H,21,22). The number of nitrogens with zero attached hydrogens (tertiary/aromatic N) is 1. The number of rotatable bonds is 6. The summed E-state index contributed by atoms with van der Waals surface area (Å²) in [6.07, 6.45) is 3.72. The second-order valence-electron chi connectivity index (χ2n) is 5.39. The summed E-state index contributed by atoms with van der Waals surface area (Å²) < 4.78 is 0. The quantitative estimate of drug-likeness (QED) is 0.843. The molecule has 0 aliphatic carbocycles. The summed E-state index contributed by atoms with van der Waals surface area (Å²) >= 11 is 0. The van der Waals surface area contributed by atoms with E-state index in [1.807, 2.05) is 30.3 Å². The van der Waals surface area contributed by atoms with Gasteiger partial charge in [-0.25, -0.2) is 4.98 Å². The average Bonchev–Trinajstić information content (AvgIpc) is 2.56. The monoisotopic (exact) mass is 297 g/mol. The van der Waals surface area contributed by atoms with E-state index in [1.165, 1.54) is 5.56 Å². The van der Waals surface area contributed by atoms with Gasteiger partial charge in [0.05, 0.1) is 11.9 Å². The lowest BCUT2D eigenvalue weighted by Gasteiger charge is -2.12. The molecule has 22 heavy (non-hydrogen) atoms. The van der Waals surface area contributed by atoms with E-state index in [-0.39, 0.29) is 5.91 Å². The number of nitrogens with one attached hydrogen (secondary N) is 2. The van der Waals surface area contributed by atoms with E-state index in [4.69, 9.17) is 0 Å². The molecule has 0 bridgehead atoms. The highest BCUT2D eigenvalue weighted by molar-refractivity contribution is 6.02. The van der Waals surface area contributed by atoms with Crippen LogP contribution < -0.4 is 10.6 Å². The highest BCUT2D eigenvalue weighted by atomic mass is 16.1. The van der Waals surface area contributed by atoms with E-state index in [2.05, 4.69) is 36.4 Å². The van der Waals surface area contributed by atoms with Crippen LogP contribution in [-0.2, 0) is 6.42 Å². The Bertz CT molecular complexity index is 605. The van der Waals surface area contributed by atoms with Gasteiger partial charge in [-0.3, -0.25) is 4.79 Å². The minimum Gasteiger partial charge on any atom is -0.381 e. The largest absolute Gasteiger partial charge is 0.381 e. The predicted molar refractivity (Wildman–Crippen MR) is 91.4 cm³/mol. The Balaban J connectivity index is 1.99. The first kappa shape index (κ1) is 16.0. The summed E-state index contributed by atoms with van der Waals surface area (Å²) in [6.45, 7) is 6.34. The van der Waals surface area contributed by atoms with E-state index in [0.717, 1.165) is 24.2 Å². The Labute approximate surface area is 132 Å². The number of amides is 1. The maximum atomic E-state index is 12.2. The van der Waals surface area contributed by atoms with E-state index < -0.39 is 0 Å². The van der Waals surface area contributed by atoms with Gasteiger partial charge in [-0.1, -0.05) is 26.0 Å². The van der Waals surface area contributed by atoms with Gasteiger partial charge in [-0.05, 0) is 49.6 Å². The fourth-order valence-electron chi connectivity index (χ4n) is 2.02. The Hall–Kier alpha value is -2.36. The number of hydrogen-bond acceptors (Lipinski definition) is 3. The first-order valence-electron chi connectivity index (χ1n) is 7.75. The number of carbonyl (C=O) groups excluding carboxylic acids is 1. The zero-order valence-corrected chi connectivity index (χ0v) is 13.4. The molecule has 0 saturated carbocycles. The molecule has 1 amide bonds. The summed E-state index contributed by atoms with van der Waals surface area (Å²) in [7, 11) is 0. The number of anilines is 2. The summed E-state index contributed by atoms with van der Waals surface area (Å²) in [5, 5.41) is 6.18. The fraction of sp³-hybridized carbons (Fsp3) is 0.333. The molecule has 0 aliphatic rings. The van der Waals surface area contributed by atoms with Crippen molar-refractivity contribution in [3.05, 3.63) is 53.9 Å². The highest BCUT2D eigenvalue weighted by Gasteiger charge is 2.08. The SMILES string of the molecule is CCc1ccc(NC(=O)c2ccc(NC(C)CC)cn2)cc1. The zero-order valence-electron chi connectivity index (χ0n) is 13.4. The molecule has 1 aromatic carbocycles. The summed E-state index contributed by atoms with van der Waals surface area (Å²) in [5.41, 5.74) is 3.37. The fourth-order valence-corrected chi connectivity index (χ4v) is 2.02. The smallest absolute Gasteiger partial charge is 0.274 e. The summed E-state index contributed by atoms with van der Waals surface area (Å²) in [5.74, 6) is -0.195. The van der Waals surface area contributed by atoms with Crippen molar-refractivity contribution in [2.45, 2.75) is 39.7 Å². The van der Waals surface area contributed by atoms with Gasteiger partial charge in [0, 0.05) is 11.7 Å². The van der Waals surface area contributed by atoms with Gasteiger partial charge in [0.25, 0.3) is 5.91 Å². The molecule has 0 radical (unpaired) electrons. The van der Waals surface area contributed by atoms with Gasteiger partial charge < -0.3 is 10.6 Å². The van der Waals surface area contributed by atoms with Crippen LogP contribution in [0.4, 0.5) is 11.4 Å². The molecule has 1 aromatic heterocycles. The minimum absolute atomic E-state index is 0.195. The predicted octanol–water partition coefficient (Wildman–Crippen LogP) is 4.11. The van der Waals surface area contributed by atoms with Gasteiger partial charge in [0.1, 0.15) is 5.69 Å². The van der Waals surface area contributed by atoms with Crippen molar-refractivity contribution in [2.75, 3.05) is 10.6 Å². The number of aromatic nitrogens is 1. The van der Waals surface area contributed by atoms with Crippen LogP contribution in [0, 0.1) is 0 Å². The normalized spacial score (nSPS) is 11.8. The number of pyridine rings is 1. The highest BCUT2D eigenvalue weighted by Crippen LogP contribution is 2.13. The lowest BCUT2D eigenvalue weighted by Crippen LogP contribution is -2.16. The molecule has 116 valence electrons. The molecule has 1 unspecified atom stereocenters. The number of aryl methyl sites for hydroxylation is 1. The van der Waals surface area contributed by atoms with Crippen LogP contribution >= 0.6 is 0 Å². The van der Waals surface area contributed by atoms with E-state index >= 15 is 0 Å². The number of carbonyl (C=O) groups is 1. The van der Waals surface area contributed by atoms with Crippen molar-refractivity contribution < 1.29 is 4.79 Å². The molecule has 1 atom stereocenters. The zero-order chi connectivity index (χ0) is 15.9. The molecule has 0 saturated heterocycles. The van der Waals surface area contributed by atoms with Gasteiger partial charge in [0.2, 0.25) is 0 Å². The third kappa shape index (κ3) is 4.32. The molecule has 2 aromatic rings. The van der Waals surface area contributed by atoms with Crippen LogP contribution in [0.3, 0.4) is 0 Å². The summed E-state index contributed by atoms with van der Waals surface area (Å²) in [6, 6.07) is 11.9. The molecule has 2 N–H and O–H groups in total. The Morgan fingerprint density at radius 3 is 2.32 bits per heavy atom. The molecule has 1 heterocycles. The van der Waals surface area contributed by atoms with E-state index in [0.29, 0.717) is 11.7 Å². The van der Waals surface area contributed by atoms with Gasteiger partial charge >= 0.3 is 0 Å². The first-order valence-corrected chi connectivity index (χ1v) is 7.75. The lowest BCUT2D eigenvalue weighted by atomic mass is 10.1. The lowest BCUT2D eigenvalue weighted by molar-refractivity contribution is 0.102. The molecule has 0 fully saturated rings. The Kier molecular flexibility index (Phi) is 5.53. The number of hydrogen-bond donors (Lipinski definition) is 2. The van der Waals surface area contributed by atoms with Crippen LogP contribution in [0.15, 0.2) is 42.6 Å². The molecule has 2 rings (SSSR count). The first-order chi connectivity index (χ1) is 10.6. The second-order valence-corrected chi connectivity index (χ2v) is 5.39. The van der Waals surface area contributed by atoms with Crippen LogP contribution in [-0.4, -0.2) is 16.9 Å². The van der Waals surface area contributed by atoms with Crippen molar-refractivity contribution in [2.24, 2.45) is 0 Å². The van der Waals surface area contributed by atoms with Crippen LogP contribution in [0.25, 0.3) is 0 Å². The maximum absolute atomic E-state index is 12.2. The van der Waals surface area contributed by atoms with Crippen LogP contribution in [0.1, 0.15) is 43.2 Å². The van der Waals surface area contributed by atoms with Gasteiger partial charge in [0.15, 0.2) is 0 Å². The van der Waals surface area contributed by atoms with E-state index in [1.54, 1.807) is 12.3 Å². The molecule has 4 nitrogen and oxygen atoms in total. The molecular weight excluding hydrogens is 274 g/mol. The van der Waals surface area contributed by atoms with E-state index in [9.17, 15) is 4.79 Å². The molecule has 4 heteroatoms. The van der Waals surface area contributed by atoms with Crippen molar-refractivity contribution in [3.63, 3.8) is 0 Å². The molecular formula is C18H23N3O. The van der Waals surface area contributed by atoms with Crippen molar-refractivity contribution in [3.8, 4) is 0 Å². The van der Waals surface area contributed by atoms with Crippen LogP contribution in [0.2, 0.25) is 0 Å². The van der Waals surface area contributed by atoms with Crippen molar-refractivity contribution >= 4 is 17.3 Å². The third-order valence-electron chi connectivity index (χ3n) is 3.64. The topological polar surface area (TPSA) is 54.0 Å². The molecule has 0 aliphatic heterocycles. The number of benzene rings is 1. The summed E-state index contributed by atoms with van der Waals surface area (Å²) in [4.78, 5) is 16.4. The minimum atomic E-state index is -0.195. The second kappa shape index (κ2) is 7.59. The average molecular weight is 297 g/mol. The van der Waals surface area contributed by atoms with Crippen molar-refractivity contribution in [1.29, 1.82) is 0 Å². The van der Waals surface area contributed by atoms with Crippen molar-refractivity contribution in [1.82, 2.24) is 4.98 Å². The third-order valence-corrected chi connectivity index (χ3v) is 3.64.